The minimum absolute atomic E-state index is 0. The van der Waals surface area contributed by atoms with Gasteiger partial charge in [-0.05, 0) is 0 Å². The molecule has 0 saturated heterocycles. The van der Waals surface area contributed by atoms with Gasteiger partial charge in [0.15, 0.2) is 0 Å². The molecular weight excluding hydrogens is 160 g/mol. The molecular formula is C4H8O4Ti. The molecule has 0 fully saturated rings. The maximum absolute atomic E-state index is 9.00. The molecule has 0 radical (unpaired) electrons. The smallest absolute Gasteiger partial charge is 0.300 e. The largest absolute Gasteiger partial charge is 0.481 e. The molecule has 0 atom stereocenters. The van der Waals surface area contributed by atoms with Crippen LogP contribution in [0.2, 0.25) is 0 Å². The first-order valence-corrected chi connectivity index (χ1v) is 1.86. The average molecular weight is 168 g/mol. The maximum Gasteiger partial charge on any atom is 0.300 e. The van der Waals surface area contributed by atoms with Gasteiger partial charge < -0.3 is 10.2 Å². The molecule has 2 N–H and O–H groups in total. The molecule has 5 heteroatoms. The monoisotopic (exact) mass is 168 g/mol. The SMILES string of the molecule is CC(=O)O.CC(=O)O.[Ti]. The summed E-state index contributed by atoms with van der Waals surface area (Å²) in [6.45, 7) is 2.17. The normalized spacial score (nSPS) is 5.56. The molecule has 52 valence electrons. The Morgan fingerprint density at radius 1 is 1.00 bits per heavy atom. The van der Waals surface area contributed by atoms with Crippen molar-refractivity contribution >= 4 is 11.9 Å². The van der Waals surface area contributed by atoms with Crippen LogP contribution in [0.5, 0.6) is 0 Å². The molecule has 0 rings (SSSR count). The van der Waals surface area contributed by atoms with E-state index < -0.39 is 11.9 Å². The molecule has 0 aromatic heterocycles. The zero-order valence-corrected chi connectivity index (χ0v) is 6.77. The van der Waals surface area contributed by atoms with Gasteiger partial charge in [-0.15, -0.1) is 0 Å². The second kappa shape index (κ2) is 10.6. The third kappa shape index (κ3) is 2050. The Morgan fingerprint density at radius 2 is 1.00 bits per heavy atom. The minimum Gasteiger partial charge on any atom is -0.481 e. The number of hydrogen-bond donors (Lipinski definition) is 2. The van der Waals surface area contributed by atoms with Crippen molar-refractivity contribution in [3.63, 3.8) is 0 Å². The number of hydrogen-bond acceptors (Lipinski definition) is 2. The second-order valence-corrected chi connectivity index (χ2v) is 1.04. The van der Waals surface area contributed by atoms with E-state index in [0.29, 0.717) is 0 Å². The van der Waals surface area contributed by atoms with Gasteiger partial charge in [-0.3, -0.25) is 9.59 Å². The Morgan fingerprint density at radius 3 is 1.00 bits per heavy atom. The van der Waals surface area contributed by atoms with Crippen molar-refractivity contribution in [2.45, 2.75) is 13.8 Å². The van der Waals surface area contributed by atoms with Gasteiger partial charge in [-0.1, -0.05) is 0 Å². The minimum atomic E-state index is -0.833. The van der Waals surface area contributed by atoms with E-state index >= 15 is 0 Å². The Bertz CT molecular complexity index is 70.6. The van der Waals surface area contributed by atoms with Crippen molar-refractivity contribution in [3.05, 3.63) is 0 Å². The molecule has 0 bridgehead atoms. The molecule has 0 saturated carbocycles. The number of rotatable bonds is 0. The molecule has 0 unspecified atom stereocenters. The first kappa shape index (κ1) is 15.9. The van der Waals surface area contributed by atoms with Crippen molar-refractivity contribution in [2.24, 2.45) is 0 Å². The van der Waals surface area contributed by atoms with Crippen LogP contribution in [0.4, 0.5) is 0 Å². The van der Waals surface area contributed by atoms with Gasteiger partial charge >= 0.3 is 0 Å². The number of carboxylic acid groups (broad SMARTS) is 2. The fraction of sp³-hybridized carbons (Fsp3) is 0.500. The van der Waals surface area contributed by atoms with Gasteiger partial charge in [0, 0.05) is 35.6 Å². The van der Waals surface area contributed by atoms with Crippen LogP contribution in [0.15, 0.2) is 0 Å². The van der Waals surface area contributed by atoms with Crippen LogP contribution >= 0.6 is 0 Å². The molecule has 0 aliphatic rings. The predicted octanol–water partition coefficient (Wildman–Crippen LogP) is 0.179. The Labute approximate surface area is 67.8 Å². The summed E-state index contributed by atoms with van der Waals surface area (Å²) in [5, 5.41) is 14.8. The summed E-state index contributed by atoms with van der Waals surface area (Å²) in [4.78, 5) is 18.0. The van der Waals surface area contributed by atoms with Crippen LogP contribution < -0.4 is 0 Å². The van der Waals surface area contributed by atoms with Crippen molar-refractivity contribution in [2.75, 3.05) is 0 Å². The molecule has 0 aliphatic carbocycles. The van der Waals surface area contributed by atoms with Crippen molar-refractivity contribution in [1.29, 1.82) is 0 Å². The van der Waals surface area contributed by atoms with Gasteiger partial charge in [0.2, 0.25) is 0 Å². The third-order valence-corrected chi connectivity index (χ3v) is 0. The standard InChI is InChI=1S/2C2H4O2.Ti/c2*1-2(3)4;/h2*1H3,(H,3,4);. The van der Waals surface area contributed by atoms with E-state index in [-0.39, 0.29) is 21.7 Å². The van der Waals surface area contributed by atoms with Crippen LogP contribution in [-0.4, -0.2) is 22.2 Å². The molecule has 0 heterocycles. The second-order valence-electron chi connectivity index (χ2n) is 1.04. The van der Waals surface area contributed by atoms with Gasteiger partial charge in [0.25, 0.3) is 11.9 Å². The third-order valence-electron chi connectivity index (χ3n) is 0. The number of carbonyl (C=O) groups is 2. The van der Waals surface area contributed by atoms with Gasteiger partial charge in [-0.25, -0.2) is 0 Å². The summed E-state index contributed by atoms with van der Waals surface area (Å²) >= 11 is 0. The maximum atomic E-state index is 9.00. The van der Waals surface area contributed by atoms with E-state index in [4.69, 9.17) is 19.8 Å². The zero-order valence-electron chi connectivity index (χ0n) is 5.21. The van der Waals surface area contributed by atoms with Crippen LogP contribution in [0.1, 0.15) is 13.8 Å². The summed E-state index contributed by atoms with van der Waals surface area (Å²) in [6.07, 6.45) is 0. The number of aliphatic carboxylic acids is 2. The first-order valence-electron chi connectivity index (χ1n) is 1.86. The van der Waals surface area contributed by atoms with Gasteiger partial charge in [0.1, 0.15) is 0 Å². The predicted molar refractivity (Wildman–Crippen MR) is 26.6 cm³/mol. The summed E-state index contributed by atoms with van der Waals surface area (Å²) < 4.78 is 0. The number of carboxylic acids is 2. The van der Waals surface area contributed by atoms with Crippen LogP contribution in [0.3, 0.4) is 0 Å². The van der Waals surface area contributed by atoms with E-state index in [9.17, 15) is 0 Å². The first-order chi connectivity index (χ1) is 3.46. The molecule has 0 aromatic rings. The molecule has 9 heavy (non-hydrogen) atoms. The summed E-state index contributed by atoms with van der Waals surface area (Å²) in [5.41, 5.74) is 0. The fourth-order valence-electron chi connectivity index (χ4n) is 0. The van der Waals surface area contributed by atoms with Gasteiger partial charge in [-0.2, -0.15) is 0 Å². The van der Waals surface area contributed by atoms with E-state index in [1.54, 1.807) is 0 Å². The van der Waals surface area contributed by atoms with Crippen molar-refractivity contribution < 1.29 is 41.5 Å². The van der Waals surface area contributed by atoms with E-state index in [0.717, 1.165) is 13.8 Å². The molecule has 0 aromatic carbocycles. The molecule has 0 aliphatic heterocycles. The van der Waals surface area contributed by atoms with Crippen LogP contribution in [0.25, 0.3) is 0 Å². The molecule has 4 nitrogen and oxygen atoms in total. The van der Waals surface area contributed by atoms with Crippen molar-refractivity contribution in [1.82, 2.24) is 0 Å². The van der Waals surface area contributed by atoms with E-state index in [1.807, 2.05) is 0 Å². The quantitative estimate of drug-likeness (QED) is 0.506. The van der Waals surface area contributed by atoms with Crippen LogP contribution in [0, 0.1) is 0 Å². The summed E-state index contributed by atoms with van der Waals surface area (Å²) in [5.74, 6) is -1.67. The average Bonchev–Trinajstić information content (AvgIpc) is 1.25. The zero-order chi connectivity index (χ0) is 7.15. The molecule has 0 spiro atoms. The summed E-state index contributed by atoms with van der Waals surface area (Å²) in [6, 6.07) is 0. The van der Waals surface area contributed by atoms with Gasteiger partial charge in [0.05, 0.1) is 0 Å². The molecule has 0 amide bonds. The topological polar surface area (TPSA) is 74.6 Å². The fourth-order valence-corrected chi connectivity index (χ4v) is 0. The Kier molecular flexibility index (Phi) is 18.7. The Hall–Kier alpha value is -0.346. The van der Waals surface area contributed by atoms with Crippen LogP contribution in [-0.2, 0) is 31.3 Å². The summed E-state index contributed by atoms with van der Waals surface area (Å²) in [7, 11) is 0. The Balaban J connectivity index is -0.0000000720. The van der Waals surface area contributed by atoms with E-state index in [1.165, 1.54) is 0 Å². The van der Waals surface area contributed by atoms with E-state index in [2.05, 4.69) is 0 Å². The van der Waals surface area contributed by atoms with Crippen molar-refractivity contribution in [3.8, 4) is 0 Å².